The van der Waals surface area contributed by atoms with Crippen molar-refractivity contribution in [3.63, 3.8) is 0 Å². The number of carboxylic acid groups (broad SMARTS) is 1. The lowest BCUT2D eigenvalue weighted by Crippen LogP contribution is -2.10. The van der Waals surface area contributed by atoms with Gasteiger partial charge < -0.3 is 9.66 Å². The van der Waals surface area contributed by atoms with E-state index in [1.165, 1.54) is 0 Å². The first-order chi connectivity index (χ1) is 3.13. The van der Waals surface area contributed by atoms with Crippen LogP contribution in [0.25, 0.3) is 0 Å². The summed E-state index contributed by atoms with van der Waals surface area (Å²) in [6.07, 6.45) is 0. The van der Waals surface area contributed by atoms with Gasteiger partial charge in [0.1, 0.15) is 10.9 Å². The van der Waals surface area contributed by atoms with Gasteiger partial charge in [0.2, 0.25) is 0 Å². The molecule has 0 saturated carbocycles. The standard InChI is InChI=1S/CH2BO4S/c3-1(4)2-7(5)6/h(H,3,4)(H,5,6). The Labute approximate surface area is 43.0 Å². The summed E-state index contributed by atoms with van der Waals surface area (Å²) >= 11 is 0. The van der Waals surface area contributed by atoms with E-state index < -0.39 is 16.8 Å². The number of carbonyl (C=O) groups is 1. The van der Waals surface area contributed by atoms with Crippen LogP contribution in [-0.2, 0) is 10.9 Å². The zero-order valence-corrected chi connectivity index (χ0v) is 4.01. The van der Waals surface area contributed by atoms with Crippen molar-refractivity contribution in [2.45, 2.75) is 0 Å². The first kappa shape index (κ1) is 6.64. The summed E-state index contributed by atoms with van der Waals surface area (Å²) in [7, 11) is -2.32. The highest BCUT2D eigenvalue weighted by molar-refractivity contribution is 8.08. The van der Waals surface area contributed by atoms with Crippen molar-refractivity contribution in [3.8, 4) is 0 Å². The van der Waals surface area contributed by atoms with Gasteiger partial charge in [-0.25, -0.2) is 4.21 Å². The molecule has 1 atom stereocenters. The maximum absolute atomic E-state index is 9.48. The first-order valence-corrected chi connectivity index (χ1v) is 2.47. The molecule has 0 saturated heterocycles. The van der Waals surface area contributed by atoms with Crippen LogP contribution in [0.3, 0.4) is 0 Å². The third-order valence-electron chi connectivity index (χ3n) is 0.202. The summed E-state index contributed by atoms with van der Waals surface area (Å²) in [4.78, 5) is 9.40. The Balaban J connectivity index is 3.32. The fraction of sp³-hybridized carbons (Fsp3) is 0. The van der Waals surface area contributed by atoms with Gasteiger partial charge in [-0.05, 0) is 0 Å². The average Bonchev–Trinajstić information content (AvgIpc) is 1.27. The highest BCUT2D eigenvalue weighted by atomic mass is 32.2. The van der Waals surface area contributed by atoms with E-state index in [2.05, 4.69) is 0 Å². The molecule has 0 aliphatic heterocycles. The summed E-state index contributed by atoms with van der Waals surface area (Å²) < 4.78 is 17.2. The molecular weight excluding hydrogens is 119 g/mol. The molecule has 1 unspecified atom stereocenters. The minimum atomic E-state index is -2.32. The minimum absolute atomic E-state index is 0.278. The summed E-state index contributed by atoms with van der Waals surface area (Å²) in [6.45, 7) is 0.278. The van der Waals surface area contributed by atoms with Crippen molar-refractivity contribution >= 4 is 23.4 Å². The molecule has 0 bridgehead atoms. The highest BCUT2D eigenvalue weighted by Crippen LogP contribution is 1.68. The largest absolute Gasteiger partial charge is 0.489 e. The molecule has 0 amide bonds. The van der Waals surface area contributed by atoms with Crippen LogP contribution in [0.1, 0.15) is 0 Å². The normalized spacial score (nSPS) is 12.7. The van der Waals surface area contributed by atoms with E-state index in [9.17, 15) is 9.00 Å². The molecule has 0 rings (SSSR count). The first-order valence-electron chi connectivity index (χ1n) is 1.30. The molecule has 0 aromatic carbocycles. The average molecular weight is 121 g/mol. The smallest absolute Gasteiger partial charge is 0.418 e. The van der Waals surface area contributed by atoms with Crippen LogP contribution < -0.4 is 0 Å². The quantitative estimate of drug-likeness (QED) is 0.381. The van der Waals surface area contributed by atoms with E-state index in [0.717, 1.165) is 0 Å². The van der Waals surface area contributed by atoms with Crippen molar-refractivity contribution in [1.29, 1.82) is 0 Å². The summed E-state index contributed by atoms with van der Waals surface area (Å²) in [6, 6.07) is 0. The zero-order chi connectivity index (χ0) is 5.86. The topological polar surface area (TPSA) is 74.6 Å². The molecule has 4 nitrogen and oxygen atoms in total. The lowest BCUT2D eigenvalue weighted by atomic mass is 10.1. The Kier molecular flexibility index (Phi) is 2.62. The second-order valence-electron chi connectivity index (χ2n) is 0.732. The van der Waals surface area contributed by atoms with E-state index in [-0.39, 0.29) is 6.56 Å². The molecule has 39 valence electrons. The van der Waals surface area contributed by atoms with Crippen LogP contribution in [0.4, 0.5) is 4.79 Å². The SMILES string of the molecule is O=C(O)[B]S(=O)O. The molecule has 6 heteroatoms. The van der Waals surface area contributed by atoms with E-state index in [1.54, 1.807) is 0 Å². The Morgan fingerprint density at radius 1 is 1.71 bits per heavy atom. The Bertz CT molecular complexity index is 87.9. The van der Waals surface area contributed by atoms with Crippen LogP contribution in [0.5, 0.6) is 0 Å². The van der Waals surface area contributed by atoms with Crippen LogP contribution in [0.2, 0.25) is 0 Å². The molecule has 0 aromatic rings. The number of rotatable bonds is 2. The Morgan fingerprint density at radius 3 is 2.14 bits per heavy atom. The van der Waals surface area contributed by atoms with Gasteiger partial charge in [-0.1, -0.05) is 0 Å². The molecule has 2 N–H and O–H groups in total. The third-order valence-corrected chi connectivity index (χ3v) is 0.605. The Morgan fingerprint density at radius 2 is 2.14 bits per heavy atom. The van der Waals surface area contributed by atoms with Gasteiger partial charge in [-0.15, -0.1) is 0 Å². The van der Waals surface area contributed by atoms with Gasteiger partial charge in [-0.3, -0.25) is 4.79 Å². The lowest BCUT2D eigenvalue weighted by Gasteiger charge is -1.78. The summed E-state index contributed by atoms with van der Waals surface area (Å²) in [5.74, 6) is -1.39. The van der Waals surface area contributed by atoms with Crippen LogP contribution in [0, 0.1) is 0 Å². The summed E-state index contributed by atoms with van der Waals surface area (Å²) in [5, 5.41) is 7.68. The third kappa shape index (κ3) is 5.64. The predicted molar refractivity (Wildman–Crippen MR) is 24.5 cm³/mol. The molecular formula is CH2BO4S. The maximum Gasteiger partial charge on any atom is 0.418 e. The van der Waals surface area contributed by atoms with Crippen LogP contribution in [-0.4, -0.2) is 26.3 Å². The van der Waals surface area contributed by atoms with Crippen LogP contribution >= 0.6 is 0 Å². The van der Waals surface area contributed by atoms with Crippen molar-refractivity contribution < 1.29 is 18.7 Å². The minimum Gasteiger partial charge on any atom is -0.489 e. The van der Waals surface area contributed by atoms with E-state index in [1.807, 2.05) is 0 Å². The second kappa shape index (κ2) is 2.76. The molecule has 0 fully saturated rings. The maximum atomic E-state index is 9.48. The molecule has 0 aliphatic carbocycles. The fourth-order valence-corrected chi connectivity index (χ4v) is 0.259. The van der Waals surface area contributed by atoms with Crippen molar-refractivity contribution in [1.82, 2.24) is 0 Å². The van der Waals surface area contributed by atoms with Gasteiger partial charge in [-0.2, -0.15) is 0 Å². The summed E-state index contributed by atoms with van der Waals surface area (Å²) in [5.41, 5.74) is 0. The lowest BCUT2D eigenvalue weighted by molar-refractivity contribution is 0.220. The molecule has 7 heavy (non-hydrogen) atoms. The van der Waals surface area contributed by atoms with E-state index >= 15 is 0 Å². The van der Waals surface area contributed by atoms with Gasteiger partial charge in [0, 0.05) is 0 Å². The molecule has 1 radical (unpaired) electrons. The van der Waals surface area contributed by atoms with Crippen molar-refractivity contribution in [3.05, 3.63) is 0 Å². The van der Waals surface area contributed by atoms with Gasteiger partial charge in [0.05, 0.1) is 0 Å². The second-order valence-corrected chi connectivity index (χ2v) is 1.52. The number of hydrogen-bond donors (Lipinski definition) is 2. The molecule has 0 aliphatic rings. The number of hydrogen-bond acceptors (Lipinski definition) is 2. The Hall–Kier alpha value is -0.355. The van der Waals surface area contributed by atoms with E-state index in [4.69, 9.17) is 9.66 Å². The van der Waals surface area contributed by atoms with Gasteiger partial charge in [0.25, 0.3) is 5.87 Å². The van der Waals surface area contributed by atoms with Crippen molar-refractivity contribution in [2.75, 3.05) is 0 Å². The van der Waals surface area contributed by atoms with Crippen molar-refractivity contribution in [2.24, 2.45) is 0 Å². The van der Waals surface area contributed by atoms with Gasteiger partial charge >= 0.3 is 6.56 Å². The highest BCUT2D eigenvalue weighted by Gasteiger charge is 2.05. The fourth-order valence-electron chi connectivity index (χ4n) is 0.0862. The van der Waals surface area contributed by atoms with E-state index in [0.29, 0.717) is 0 Å². The predicted octanol–water partition coefficient (Wildman–Crippen LogP) is -0.495. The molecule has 0 spiro atoms. The van der Waals surface area contributed by atoms with Gasteiger partial charge in [0.15, 0.2) is 0 Å². The zero-order valence-electron chi connectivity index (χ0n) is 3.20. The van der Waals surface area contributed by atoms with Crippen LogP contribution in [0.15, 0.2) is 0 Å². The molecule has 0 heterocycles. The molecule has 0 aromatic heterocycles. The monoisotopic (exact) mass is 121 g/mol.